The van der Waals surface area contributed by atoms with E-state index in [9.17, 15) is 10.2 Å². The molecule has 2 atom stereocenters. The summed E-state index contributed by atoms with van der Waals surface area (Å²) in [6.07, 6.45) is 4.76. The van der Waals surface area contributed by atoms with Gasteiger partial charge in [-0.3, -0.25) is 14.9 Å². The zero-order valence-corrected chi connectivity index (χ0v) is 19.1. The van der Waals surface area contributed by atoms with Crippen molar-refractivity contribution in [2.75, 3.05) is 26.8 Å². The first-order chi connectivity index (χ1) is 16.1. The van der Waals surface area contributed by atoms with Crippen LogP contribution in [-0.4, -0.2) is 64.1 Å². The van der Waals surface area contributed by atoms with Crippen LogP contribution in [0.1, 0.15) is 24.2 Å². The summed E-state index contributed by atoms with van der Waals surface area (Å²) >= 11 is 0. The predicted molar refractivity (Wildman–Crippen MR) is 127 cm³/mol. The summed E-state index contributed by atoms with van der Waals surface area (Å²) in [5, 5.41) is 20.4. The van der Waals surface area contributed by atoms with E-state index in [0.29, 0.717) is 31.0 Å². The number of pyridine rings is 2. The highest BCUT2D eigenvalue weighted by Crippen LogP contribution is 2.18. The lowest BCUT2D eigenvalue weighted by molar-refractivity contribution is 0.0739. The van der Waals surface area contributed by atoms with Crippen molar-refractivity contribution in [3.05, 3.63) is 84.4 Å². The van der Waals surface area contributed by atoms with Gasteiger partial charge in [0.25, 0.3) is 0 Å². The van der Waals surface area contributed by atoms with Crippen molar-refractivity contribution in [3.63, 3.8) is 0 Å². The highest BCUT2D eigenvalue weighted by atomic mass is 16.5. The summed E-state index contributed by atoms with van der Waals surface area (Å²) in [6.45, 7) is 1.58. The molecule has 0 radical (unpaired) electrons. The molecule has 33 heavy (non-hydrogen) atoms. The van der Waals surface area contributed by atoms with E-state index in [1.54, 1.807) is 36.7 Å². The SMILES string of the molecule is CN(Cc1ccccn1)C[C@@H](O)COc1ccc(OC[C@@H](O)CCCc2ccccn2)cc1. The Labute approximate surface area is 195 Å². The van der Waals surface area contributed by atoms with Gasteiger partial charge in [-0.2, -0.15) is 0 Å². The Morgan fingerprint density at radius 1 is 0.788 bits per heavy atom. The van der Waals surface area contributed by atoms with Gasteiger partial charge in [-0.05, 0) is 74.8 Å². The van der Waals surface area contributed by atoms with Gasteiger partial charge in [-0.15, -0.1) is 0 Å². The van der Waals surface area contributed by atoms with Crippen LogP contribution in [0, 0.1) is 0 Å². The van der Waals surface area contributed by atoms with Crippen molar-refractivity contribution in [3.8, 4) is 11.5 Å². The third kappa shape index (κ3) is 9.57. The summed E-state index contributed by atoms with van der Waals surface area (Å²) in [5.41, 5.74) is 1.99. The molecule has 7 nitrogen and oxygen atoms in total. The smallest absolute Gasteiger partial charge is 0.119 e. The zero-order chi connectivity index (χ0) is 23.3. The Morgan fingerprint density at radius 2 is 1.36 bits per heavy atom. The molecule has 0 bridgehead atoms. The third-order valence-corrected chi connectivity index (χ3v) is 5.09. The van der Waals surface area contributed by atoms with E-state index < -0.39 is 12.2 Å². The first-order valence-electron chi connectivity index (χ1n) is 11.3. The number of hydrogen-bond acceptors (Lipinski definition) is 7. The van der Waals surface area contributed by atoms with Crippen molar-refractivity contribution < 1.29 is 19.7 Å². The molecule has 1 aromatic carbocycles. The lowest BCUT2D eigenvalue weighted by Gasteiger charge is -2.20. The molecule has 3 aromatic rings. The van der Waals surface area contributed by atoms with E-state index in [0.717, 1.165) is 24.2 Å². The quantitative estimate of drug-likeness (QED) is 0.389. The summed E-state index contributed by atoms with van der Waals surface area (Å²) in [6, 6.07) is 18.9. The Bertz CT molecular complexity index is 910. The van der Waals surface area contributed by atoms with Gasteiger partial charge in [-0.1, -0.05) is 12.1 Å². The number of aliphatic hydroxyl groups excluding tert-OH is 2. The average Bonchev–Trinajstić information content (AvgIpc) is 2.83. The summed E-state index contributed by atoms with van der Waals surface area (Å²) in [5.74, 6) is 1.33. The molecule has 3 rings (SSSR count). The second kappa shape index (κ2) is 13.5. The molecule has 0 aliphatic rings. The predicted octanol–water partition coefficient (Wildman–Crippen LogP) is 3.11. The van der Waals surface area contributed by atoms with E-state index in [4.69, 9.17) is 9.47 Å². The number of ether oxygens (including phenoxy) is 2. The fourth-order valence-corrected chi connectivity index (χ4v) is 3.41. The Balaban J connectivity index is 1.30. The van der Waals surface area contributed by atoms with Crippen LogP contribution < -0.4 is 9.47 Å². The van der Waals surface area contributed by atoms with Crippen molar-refractivity contribution in [1.82, 2.24) is 14.9 Å². The molecule has 7 heteroatoms. The average molecular weight is 452 g/mol. The second-order valence-corrected chi connectivity index (χ2v) is 8.13. The maximum atomic E-state index is 10.3. The zero-order valence-electron chi connectivity index (χ0n) is 19.1. The first-order valence-corrected chi connectivity index (χ1v) is 11.3. The number of aromatic nitrogens is 2. The van der Waals surface area contributed by atoms with Crippen molar-refractivity contribution >= 4 is 0 Å². The molecule has 0 aliphatic carbocycles. The molecule has 0 amide bonds. The number of rotatable bonds is 14. The molecule has 0 spiro atoms. The fraction of sp³-hybridized carbons (Fsp3) is 0.385. The number of aliphatic hydroxyl groups is 2. The molecule has 0 unspecified atom stereocenters. The highest BCUT2D eigenvalue weighted by Gasteiger charge is 2.11. The topological polar surface area (TPSA) is 87.9 Å². The van der Waals surface area contributed by atoms with Crippen LogP contribution in [0.4, 0.5) is 0 Å². The van der Waals surface area contributed by atoms with Crippen LogP contribution in [0.25, 0.3) is 0 Å². The third-order valence-electron chi connectivity index (χ3n) is 5.09. The van der Waals surface area contributed by atoms with Gasteiger partial charge in [-0.25, -0.2) is 0 Å². The normalized spacial score (nSPS) is 13.0. The standard InChI is InChI=1S/C26H33N3O4/c1-29(17-22-8-3-5-16-28-22)18-24(31)20-33-26-13-11-25(12-14-26)32-19-23(30)10-6-9-21-7-2-4-15-27-21/h2-5,7-8,11-16,23-24,30-31H,6,9-10,17-20H2,1H3/t23-,24+/m0/s1. The molecule has 2 N–H and O–H groups in total. The van der Waals surface area contributed by atoms with Crippen molar-refractivity contribution in [2.45, 2.75) is 38.0 Å². The molecular formula is C26H33N3O4. The Hall–Kier alpha value is -3.00. The van der Waals surface area contributed by atoms with Crippen LogP contribution in [-0.2, 0) is 13.0 Å². The Morgan fingerprint density at radius 3 is 1.94 bits per heavy atom. The summed E-state index contributed by atoms with van der Waals surface area (Å²) < 4.78 is 11.4. The van der Waals surface area contributed by atoms with E-state index in [1.165, 1.54) is 0 Å². The van der Waals surface area contributed by atoms with E-state index in [1.807, 2.05) is 48.3 Å². The minimum Gasteiger partial charge on any atom is -0.491 e. The van der Waals surface area contributed by atoms with Gasteiger partial charge < -0.3 is 19.7 Å². The molecule has 2 heterocycles. The number of nitrogens with zero attached hydrogens (tertiary/aromatic N) is 3. The van der Waals surface area contributed by atoms with Crippen LogP contribution in [0.3, 0.4) is 0 Å². The van der Waals surface area contributed by atoms with Gasteiger partial charge in [0.1, 0.15) is 30.8 Å². The second-order valence-electron chi connectivity index (χ2n) is 8.13. The minimum absolute atomic E-state index is 0.196. The van der Waals surface area contributed by atoms with Gasteiger partial charge in [0.2, 0.25) is 0 Å². The highest BCUT2D eigenvalue weighted by molar-refractivity contribution is 5.31. The van der Waals surface area contributed by atoms with Crippen LogP contribution in [0.2, 0.25) is 0 Å². The van der Waals surface area contributed by atoms with E-state index in [2.05, 4.69) is 9.97 Å². The molecule has 2 aromatic heterocycles. The number of likely N-dealkylation sites (N-methyl/N-ethyl adjacent to an activating group) is 1. The molecule has 176 valence electrons. The Kier molecular flexibility index (Phi) is 10.1. The molecule has 0 fully saturated rings. The molecule has 0 aliphatic heterocycles. The van der Waals surface area contributed by atoms with Gasteiger partial charge in [0, 0.05) is 31.2 Å². The number of benzene rings is 1. The van der Waals surface area contributed by atoms with E-state index >= 15 is 0 Å². The number of hydrogen-bond donors (Lipinski definition) is 2. The molecule has 0 saturated heterocycles. The summed E-state index contributed by atoms with van der Waals surface area (Å²) in [7, 11) is 1.94. The largest absolute Gasteiger partial charge is 0.491 e. The van der Waals surface area contributed by atoms with Crippen LogP contribution in [0.5, 0.6) is 11.5 Å². The lowest BCUT2D eigenvalue weighted by atomic mass is 10.1. The van der Waals surface area contributed by atoms with Gasteiger partial charge >= 0.3 is 0 Å². The molecule has 0 saturated carbocycles. The fourth-order valence-electron chi connectivity index (χ4n) is 3.41. The maximum Gasteiger partial charge on any atom is 0.119 e. The number of aryl methyl sites for hydroxylation is 1. The van der Waals surface area contributed by atoms with Crippen molar-refractivity contribution in [1.29, 1.82) is 0 Å². The van der Waals surface area contributed by atoms with Gasteiger partial charge in [0.05, 0.1) is 11.8 Å². The van der Waals surface area contributed by atoms with Crippen LogP contribution >= 0.6 is 0 Å². The first kappa shape index (κ1) is 24.6. The van der Waals surface area contributed by atoms with Crippen molar-refractivity contribution in [2.24, 2.45) is 0 Å². The lowest BCUT2D eigenvalue weighted by Crippen LogP contribution is -2.33. The monoisotopic (exact) mass is 451 g/mol. The van der Waals surface area contributed by atoms with E-state index in [-0.39, 0.29) is 13.2 Å². The van der Waals surface area contributed by atoms with Crippen LogP contribution in [0.15, 0.2) is 73.1 Å². The van der Waals surface area contributed by atoms with Gasteiger partial charge in [0.15, 0.2) is 0 Å². The minimum atomic E-state index is -0.615. The molecular weight excluding hydrogens is 418 g/mol. The summed E-state index contributed by atoms with van der Waals surface area (Å²) in [4.78, 5) is 10.6. The maximum absolute atomic E-state index is 10.3.